The number of rotatable bonds is 2. The van der Waals surface area contributed by atoms with Crippen LogP contribution in [-0.2, 0) is 6.18 Å². The topological polar surface area (TPSA) is 54.2 Å². The lowest BCUT2D eigenvalue weighted by Crippen LogP contribution is -2.67. The van der Waals surface area contributed by atoms with Gasteiger partial charge < -0.3 is 14.6 Å². The van der Waals surface area contributed by atoms with Gasteiger partial charge in [-0.25, -0.2) is 4.98 Å². The first-order chi connectivity index (χ1) is 12.0. The second-order valence-electron chi connectivity index (χ2n) is 6.40. The molecule has 0 aliphatic carbocycles. The Morgan fingerprint density at radius 1 is 1.24 bits per heavy atom. The Balaban J connectivity index is 1.65. The third-order valence-corrected chi connectivity index (χ3v) is 5.47. The van der Waals surface area contributed by atoms with E-state index in [9.17, 15) is 13.2 Å². The fourth-order valence-electron chi connectivity index (χ4n) is 3.50. The van der Waals surface area contributed by atoms with Gasteiger partial charge in [-0.15, -0.1) is 11.3 Å². The number of anilines is 1. The molecular formula is C16H13F3N4OS. The van der Waals surface area contributed by atoms with E-state index >= 15 is 0 Å². The second kappa shape index (κ2) is 5.18. The van der Waals surface area contributed by atoms with Gasteiger partial charge in [-0.1, -0.05) is 0 Å². The first-order valence-corrected chi connectivity index (χ1v) is 8.78. The molecule has 1 N–H and O–H groups in total. The second-order valence-corrected chi connectivity index (χ2v) is 7.30. The molecule has 3 aliphatic heterocycles. The van der Waals surface area contributed by atoms with Crippen molar-refractivity contribution in [3.63, 3.8) is 0 Å². The van der Waals surface area contributed by atoms with E-state index in [1.54, 1.807) is 11.6 Å². The number of benzene rings is 1. The molecule has 0 spiro atoms. The Bertz CT molecular complexity index is 921. The summed E-state index contributed by atoms with van der Waals surface area (Å²) >= 11 is 1.27. The zero-order valence-electron chi connectivity index (χ0n) is 12.9. The summed E-state index contributed by atoms with van der Waals surface area (Å²) in [7, 11) is 0. The van der Waals surface area contributed by atoms with E-state index in [0.29, 0.717) is 34.3 Å². The van der Waals surface area contributed by atoms with Crippen LogP contribution in [0.2, 0.25) is 0 Å². The van der Waals surface area contributed by atoms with Crippen LogP contribution < -0.4 is 10.2 Å². The lowest BCUT2D eigenvalue weighted by molar-refractivity contribution is -0.137. The molecule has 6 rings (SSSR count). The fourth-order valence-corrected chi connectivity index (χ4v) is 4.16. The number of alkyl halides is 3. The Morgan fingerprint density at radius 2 is 2.00 bits per heavy atom. The third-order valence-electron chi connectivity index (χ3n) is 4.66. The molecule has 5 nitrogen and oxygen atoms in total. The number of thiazole rings is 1. The Morgan fingerprint density at radius 3 is 2.64 bits per heavy atom. The number of nitrogens with zero attached hydrogens (tertiary/aromatic N) is 3. The fraction of sp³-hybridized carbons (Fsp3) is 0.375. The van der Waals surface area contributed by atoms with Crippen molar-refractivity contribution in [3.8, 4) is 10.6 Å². The van der Waals surface area contributed by atoms with Gasteiger partial charge in [-0.3, -0.25) is 0 Å². The number of hydrogen-bond donors (Lipinski definition) is 1. The highest BCUT2D eigenvalue weighted by atomic mass is 32.1. The summed E-state index contributed by atoms with van der Waals surface area (Å²) in [6.45, 7) is 1.50. The van der Waals surface area contributed by atoms with Crippen LogP contribution in [0.3, 0.4) is 0 Å². The molecule has 2 aromatic heterocycles. The van der Waals surface area contributed by atoms with Crippen LogP contribution in [0.4, 0.5) is 19.2 Å². The van der Waals surface area contributed by atoms with Gasteiger partial charge in [0.05, 0.1) is 11.1 Å². The molecule has 25 heavy (non-hydrogen) atoms. The first kappa shape index (κ1) is 15.2. The highest BCUT2D eigenvalue weighted by Gasteiger charge is 2.38. The van der Waals surface area contributed by atoms with Crippen LogP contribution in [-0.4, -0.2) is 35.1 Å². The van der Waals surface area contributed by atoms with E-state index in [0.717, 1.165) is 31.6 Å². The van der Waals surface area contributed by atoms with Crippen LogP contribution >= 0.6 is 11.3 Å². The minimum absolute atomic E-state index is 0.210. The van der Waals surface area contributed by atoms with Crippen LogP contribution in [0, 0.1) is 0 Å². The molecule has 9 heteroatoms. The zero-order valence-corrected chi connectivity index (χ0v) is 13.7. The molecule has 5 heterocycles. The zero-order chi connectivity index (χ0) is 17.2. The van der Waals surface area contributed by atoms with Crippen molar-refractivity contribution in [2.24, 2.45) is 0 Å². The number of aromatic nitrogens is 2. The standard InChI is InChI=1S/C16H13F3N4OS/c17-16(18,19)8-3-11(14-20-1-2-25-14)13-12(4-8)22-15(24-13)23-6-9-5-10(7-23)21-9/h1-4,9-10,21H,5-7H2. The summed E-state index contributed by atoms with van der Waals surface area (Å²) in [5.41, 5.74) is 0.152. The Hall–Kier alpha value is -2.13. The van der Waals surface area contributed by atoms with Crippen molar-refractivity contribution in [1.29, 1.82) is 0 Å². The predicted molar refractivity (Wildman–Crippen MR) is 87.7 cm³/mol. The lowest BCUT2D eigenvalue weighted by atomic mass is 9.92. The molecule has 1 aromatic carbocycles. The van der Waals surface area contributed by atoms with Crippen molar-refractivity contribution in [2.75, 3.05) is 18.0 Å². The number of oxazole rings is 1. The van der Waals surface area contributed by atoms with Gasteiger partial charge in [0.15, 0.2) is 5.58 Å². The normalized spacial score (nSPS) is 23.1. The summed E-state index contributed by atoms with van der Waals surface area (Å²) in [5.74, 6) is 0. The summed E-state index contributed by atoms with van der Waals surface area (Å²) in [6, 6.07) is 3.31. The van der Waals surface area contributed by atoms with E-state index in [1.165, 1.54) is 11.3 Å². The quantitative estimate of drug-likeness (QED) is 0.752. The minimum Gasteiger partial charge on any atom is -0.423 e. The van der Waals surface area contributed by atoms with Crippen molar-refractivity contribution in [1.82, 2.24) is 15.3 Å². The SMILES string of the molecule is FC(F)(F)c1cc(-c2nccs2)c2oc(N3CC4CC(C3)N4)nc2c1. The minimum atomic E-state index is -4.45. The average Bonchev–Trinajstić information content (AvgIpc) is 3.22. The number of fused-ring (bicyclic) bond motifs is 3. The molecular weight excluding hydrogens is 353 g/mol. The van der Waals surface area contributed by atoms with Crippen LogP contribution in [0.15, 0.2) is 28.1 Å². The van der Waals surface area contributed by atoms with E-state index in [1.807, 2.05) is 4.90 Å². The monoisotopic (exact) mass is 366 g/mol. The van der Waals surface area contributed by atoms with Gasteiger partial charge in [-0.05, 0) is 18.6 Å². The predicted octanol–water partition coefficient (Wildman–Crippen LogP) is 3.52. The highest BCUT2D eigenvalue weighted by molar-refractivity contribution is 7.13. The lowest BCUT2D eigenvalue weighted by Gasteiger charge is -2.47. The van der Waals surface area contributed by atoms with Crippen LogP contribution in [0.5, 0.6) is 0 Å². The van der Waals surface area contributed by atoms with Crippen LogP contribution in [0.1, 0.15) is 12.0 Å². The molecule has 3 aliphatic rings. The summed E-state index contributed by atoms with van der Waals surface area (Å²) in [5, 5.41) is 5.62. The van der Waals surface area contributed by atoms with E-state index < -0.39 is 11.7 Å². The van der Waals surface area contributed by atoms with Crippen molar-refractivity contribution in [2.45, 2.75) is 24.7 Å². The third kappa shape index (κ3) is 2.49. The smallest absolute Gasteiger partial charge is 0.416 e. The van der Waals surface area contributed by atoms with Crippen molar-refractivity contribution >= 4 is 28.5 Å². The maximum Gasteiger partial charge on any atom is 0.416 e. The number of piperazine rings is 1. The van der Waals surface area contributed by atoms with Crippen molar-refractivity contribution < 1.29 is 17.6 Å². The number of nitrogens with one attached hydrogen (secondary N) is 1. The molecule has 2 unspecified atom stereocenters. The van der Waals surface area contributed by atoms with Crippen LogP contribution in [0.25, 0.3) is 21.7 Å². The molecule has 2 atom stereocenters. The average molecular weight is 366 g/mol. The van der Waals surface area contributed by atoms with E-state index in [-0.39, 0.29) is 5.52 Å². The summed E-state index contributed by atoms with van der Waals surface area (Å²) in [4.78, 5) is 10.5. The highest BCUT2D eigenvalue weighted by Crippen LogP contribution is 2.39. The van der Waals surface area contributed by atoms with E-state index in [2.05, 4.69) is 15.3 Å². The largest absolute Gasteiger partial charge is 0.423 e. The van der Waals surface area contributed by atoms with Gasteiger partial charge in [0.2, 0.25) is 0 Å². The number of piperidine rings is 1. The number of hydrogen-bond acceptors (Lipinski definition) is 6. The molecule has 3 saturated heterocycles. The Labute approximate surface area is 144 Å². The first-order valence-electron chi connectivity index (χ1n) is 7.90. The Kier molecular flexibility index (Phi) is 3.14. The molecule has 0 amide bonds. The summed E-state index contributed by atoms with van der Waals surface area (Å²) < 4.78 is 45.7. The summed E-state index contributed by atoms with van der Waals surface area (Å²) in [6.07, 6.45) is -1.76. The maximum atomic E-state index is 13.3. The number of halogens is 3. The molecule has 0 radical (unpaired) electrons. The van der Waals surface area contributed by atoms with Gasteiger partial charge in [0, 0.05) is 36.8 Å². The van der Waals surface area contributed by atoms with Gasteiger partial charge in [0.25, 0.3) is 6.01 Å². The van der Waals surface area contributed by atoms with Crippen molar-refractivity contribution in [3.05, 3.63) is 29.3 Å². The van der Waals surface area contributed by atoms with Gasteiger partial charge in [-0.2, -0.15) is 18.2 Å². The maximum absolute atomic E-state index is 13.3. The molecule has 3 fully saturated rings. The van der Waals surface area contributed by atoms with E-state index in [4.69, 9.17) is 4.42 Å². The molecule has 2 bridgehead atoms. The molecule has 3 aromatic rings. The molecule has 130 valence electrons. The van der Waals surface area contributed by atoms with Gasteiger partial charge >= 0.3 is 6.18 Å². The van der Waals surface area contributed by atoms with Gasteiger partial charge in [0.1, 0.15) is 10.5 Å². The molecule has 0 saturated carbocycles.